The van der Waals surface area contributed by atoms with Gasteiger partial charge in [-0.2, -0.15) is 0 Å². The van der Waals surface area contributed by atoms with Crippen molar-refractivity contribution in [2.45, 2.75) is 25.2 Å². The molecule has 1 heterocycles. The molecule has 0 radical (unpaired) electrons. The lowest BCUT2D eigenvalue weighted by Gasteiger charge is -2.08. The second-order valence-electron chi connectivity index (χ2n) is 5.78. The fourth-order valence-corrected chi connectivity index (χ4v) is 3.04. The summed E-state index contributed by atoms with van der Waals surface area (Å²) in [7, 11) is 1.59. The summed E-state index contributed by atoms with van der Waals surface area (Å²) < 4.78 is 16.3. The predicted octanol–water partition coefficient (Wildman–Crippen LogP) is 3.95. The van der Waals surface area contributed by atoms with Crippen molar-refractivity contribution in [2.24, 2.45) is 0 Å². The fraction of sp³-hybridized carbons (Fsp3) is 0.250. The highest BCUT2D eigenvalue weighted by Crippen LogP contribution is 2.22. The number of para-hydroxylation sites is 1. The van der Waals surface area contributed by atoms with Gasteiger partial charge in [0, 0.05) is 11.8 Å². The lowest BCUT2D eigenvalue weighted by molar-refractivity contribution is -0.113. The zero-order chi connectivity index (χ0) is 19.8. The van der Waals surface area contributed by atoms with Gasteiger partial charge < -0.3 is 19.2 Å². The lowest BCUT2D eigenvalue weighted by Crippen LogP contribution is -2.15. The maximum Gasteiger partial charge on any atom is 0.277 e. The summed E-state index contributed by atoms with van der Waals surface area (Å²) in [6, 6.07) is 15.0. The van der Waals surface area contributed by atoms with Crippen LogP contribution in [0.5, 0.6) is 11.5 Å². The monoisotopic (exact) mass is 399 g/mol. The number of aromatic nitrogens is 2. The molecule has 0 saturated carbocycles. The third kappa shape index (κ3) is 5.50. The van der Waals surface area contributed by atoms with Crippen LogP contribution in [0, 0.1) is 0 Å². The summed E-state index contributed by atoms with van der Waals surface area (Å²) >= 11 is 1.18. The lowest BCUT2D eigenvalue weighted by atomic mass is 10.1. The standard InChI is InChI=1S/C20H21N3O4S/c1-3-14-7-4-5-10-17(14)21-18(24)13-28-20-23-22-19(27-20)12-26-16-9-6-8-15(11-16)25-2/h4-11H,3,12-13H2,1-2H3,(H,21,24). The number of hydrogen-bond donors (Lipinski definition) is 1. The van der Waals surface area contributed by atoms with Gasteiger partial charge in [0.25, 0.3) is 11.1 Å². The van der Waals surface area contributed by atoms with Crippen LogP contribution >= 0.6 is 11.8 Å². The highest BCUT2D eigenvalue weighted by atomic mass is 32.2. The molecule has 0 saturated heterocycles. The molecule has 0 fully saturated rings. The minimum absolute atomic E-state index is 0.127. The normalized spacial score (nSPS) is 10.5. The van der Waals surface area contributed by atoms with E-state index < -0.39 is 0 Å². The number of rotatable bonds is 9. The summed E-state index contributed by atoms with van der Waals surface area (Å²) in [5, 5.41) is 11.1. The maximum absolute atomic E-state index is 12.2. The third-order valence-electron chi connectivity index (χ3n) is 3.85. The second kappa shape index (κ2) is 9.80. The molecule has 7 nitrogen and oxygen atoms in total. The van der Waals surface area contributed by atoms with Gasteiger partial charge in [-0.25, -0.2) is 0 Å². The summed E-state index contributed by atoms with van der Waals surface area (Å²) in [6.45, 7) is 2.18. The van der Waals surface area contributed by atoms with E-state index in [4.69, 9.17) is 13.9 Å². The number of thioether (sulfide) groups is 1. The van der Waals surface area contributed by atoms with E-state index in [2.05, 4.69) is 15.5 Å². The van der Waals surface area contributed by atoms with Crippen molar-refractivity contribution in [2.75, 3.05) is 18.2 Å². The van der Waals surface area contributed by atoms with Crippen LogP contribution in [-0.4, -0.2) is 29.0 Å². The number of methoxy groups -OCH3 is 1. The Morgan fingerprint density at radius 1 is 1.14 bits per heavy atom. The number of anilines is 1. The molecule has 3 aromatic rings. The van der Waals surface area contributed by atoms with Crippen LogP contribution in [-0.2, 0) is 17.8 Å². The summed E-state index contributed by atoms with van der Waals surface area (Å²) in [6.07, 6.45) is 0.851. The van der Waals surface area contributed by atoms with E-state index in [9.17, 15) is 4.79 Å². The fourth-order valence-electron chi connectivity index (χ4n) is 2.46. The van der Waals surface area contributed by atoms with Gasteiger partial charge in [-0.1, -0.05) is 43.0 Å². The number of amides is 1. The Balaban J connectivity index is 1.48. The van der Waals surface area contributed by atoms with Gasteiger partial charge in [0.2, 0.25) is 5.91 Å². The summed E-state index contributed by atoms with van der Waals surface area (Å²) in [5.74, 6) is 1.73. The molecule has 3 rings (SSSR count). The number of carbonyl (C=O) groups excluding carboxylic acids is 1. The molecular weight excluding hydrogens is 378 g/mol. The van der Waals surface area contributed by atoms with Crippen LogP contribution in [0.15, 0.2) is 58.2 Å². The van der Waals surface area contributed by atoms with Crippen LogP contribution in [0.25, 0.3) is 0 Å². The number of hydrogen-bond acceptors (Lipinski definition) is 7. The van der Waals surface area contributed by atoms with E-state index in [-0.39, 0.29) is 18.3 Å². The second-order valence-corrected chi connectivity index (χ2v) is 6.70. The van der Waals surface area contributed by atoms with E-state index in [1.165, 1.54) is 11.8 Å². The minimum Gasteiger partial charge on any atom is -0.497 e. The molecular formula is C20H21N3O4S. The van der Waals surface area contributed by atoms with Gasteiger partial charge in [-0.15, -0.1) is 10.2 Å². The summed E-state index contributed by atoms with van der Waals surface area (Å²) in [5.41, 5.74) is 1.92. The van der Waals surface area contributed by atoms with Gasteiger partial charge in [-0.05, 0) is 30.2 Å². The minimum atomic E-state index is -0.127. The molecule has 0 unspecified atom stereocenters. The van der Waals surface area contributed by atoms with Crippen molar-refractivity contribution < 1.29 is 18.7 Å². The van der Waals surface area contributed by atoms with E-state index in [1.807, 2.05) is 49.4 Å². The topological polar surface area (TPSA) is 86.5 Å². The average Bonchev–Trinajstić information content (AvgIpc) is 3.19. The number of nitrogens with zero attached hydrogens (tertiary/aromatic N) is 2. The first-order valence-corrected chi connectivity index (χ1v) is 9.76. The molecule has 0 spiro atoms. The van der Waals surface area contributed by atoms with Crippen LogP contribution in [0.1, 0.15) is 18.4 Å². The van der Waals surface area contributed by atoms with Crippen LogP contribution in [0.2, 0.25) is 0 Å². The Labute approximate surface area is 167 Å². The number of aryl methyl sites for hydroxylation is 1. The van der Waals surface area contributed by atoms with Crippen molar-refractivity contribution in [3.63, 3.8) is 0 Å². The van der Waals surface area contributed by atoms with Gasteiger partial charge >= 0.3 is 0 Å². The van der Waals surface area contributed by atoms with Gasteiger partial charge in [0.15, 0.2) is 6.61 Å². The zero-order valence-corrected chi connectivity index (χ0v) is 16.5. The van der Waals surface area contributed by atoms with E-state index in [1.54, 1.807) is 13.2 Å². The molecule has 28 heavy (non-hydrogen) atoms. The molecule has 1 amide bonds. The molecule has 0 bridgehead atoms. The third-order valence-corrected chi connectivity index (χ3v) is 4.67. The van der Waals surface area contributed by atoms with E-state index in [0.717, 1.165) is 17.7 Å². The molecule has 0 aliphatic carbocycles. The molecule has 1 N–H and O–H groups in total. The molecule has 8 heteroatoms. The Kier molecular flexibility index (Phi) is 6.91. The number of benzene rings is 2. The molecule has 2 aromatic carbocycles. The van der Waals surface area contributed by atoms with Crippen LogP contribution in [0.3, 0.4) is 0 Å². The van der Waals surface area contributed by atoms with Gasteiger partial charge in [0.05, 0.1) is 12.9 Å². The van der Waals surface area contributed by atoms with Gasteiger partial charge in [-0.3, -0.25) is 4.79 Å². The van der Waals surface area contributed by atoms with Crippen molar-refractivity contribution in [3.8, 4) is 11.5 Å². The summed E-state index contributed by atoms with van der Waals surface area (Å²) in [4.78, 5) is 12.2. The quantitative estimate of drug-likeness (QED) is 0.545. The first-order valence-electron chi connectivity index (χ1n) is 8.77. The Morgan fingerprint density at radius 2 is 1.96 bits per heavy atom. The molecule has 146 valence electrons. The molecule has 1 aromatic heterocycles. The Hall–Kier alpha value is -3.00. The number of carbonyl (C=O) groups is 1. The zero-order valence-electron chi connectivity index (χ0n) is 15.7. The highest BCUT2D eigenvalue weighted by molar-refractivity contribution is 7.99. The SMILES string of the molecule is CCc1ccccc1NC(=O)CSc1nnc(COc2cccc(OC)c2)o1. The first-order chi connectivity index (χ1) is 13.7. The molecule has 0 aliphatic rings. The predicted molar refractivity (Wildman–Crippen MR) is 107 cm³/mol. The van der Waals surface area contributed by atoms with Gasteiger partial charge in [0.1, 0.15) is 11.5 Å². The largest absolute Gasteiger partial charge is 0.497 e. The maximum atomic E-state index is 12.2. The van der Waals surface area contributed by atoms with E-state index in [0.29, 0.717) is 22.6 Å². The van der Waals surface area contributed by atoms with Crippen LogP contribution < -0.4 is 14.8 Å². The average molecular weight is 399 g/mol. The van der Waals surface area contributed by atoms with Crippen molar-refractivity contribution >= 4 is 23.4 Å². The van der Waals surface area contributed by atoms with Crippen molar-refractivity contribution in [1.29, 1.82) is 0 Å². The first kappa shape index (κ1) is 19.8. The van der Waals surface area contributed by atoms with Crippen LogP contribution in [0.4, 0.5) is 5.69 Å². The van der Waals surface area contributed by atoms with Crippen molar-refractivity contribution in [1.82, 2.24) is 10.2 Å². The van der Waals surface area contributed by atoms with Crippen molar-refractivity contribution in [3.05, 3.63) is 60.0 Å². The smallest absolute Gasteiger partial charge is 0.277 e. The van der Waals surface area contributed by atoms with E-state index >= 15 is 0 Å². The molecule has 0 atom stereocenters. The number of nitrogens with one attached hydrogen (secondary N) is 1. The highest BCUT2D eigenvalue weighted by Gasteiger charge is 2.11. The molecule has 0 aliphatic heterocycles. The Morgan fingerprint density at radius 3 is 2.79 bits per heavy atom. The number of ether oxygens (including phenoxy) is 2. The Bertz CT molecular complexity index is 929.